The largest absolute Gasteiger partial charge is 0.467 e. The molecule has 34 heavy (non-hydrogen) atoms. The Morgan fingerprint density at radius 3 is 2.79 bits per heavy atom. The molecule has 0 bridgehead atoms. The van der Waals surface area contributed by atoms with Gasteiger partial charge in [0, 0.05) is 48.8 Å². The molecule has 174 valence electrons. The van der Waals surface area contributed by atoms with E-state index < -0.39 is 0 Å². The molecule has 0 saturated carbocycles. The fourth-order valence-electron chi connectivity index (χ4n) is 4.06. The number of anilines is 1. The lowest BCUT2D eigenvalue weighted by atomic mass is 10.1. The van der Waals surface area contributed by atoms with Crippen LogP contribution in [0.4, 0.5) is 6.01 Å². The fourth-order valence-corrected chi connectivity index (χ4v) is 4.77. The Bertz CT molecular complexity index is 1400. The highest BCUT2D eigenvalue weighted by Gasteiger charge is 2.25. The summed E-state index contributed by atoms with van der Waals surface area (Å²) in [4.78, 5) is 11.4. The van der Waals surface area contributed by atoms with Gasteiger partial charge < -0.3 is 18.7 Å². The van der Waals surface area contributed by atoms with E-state index in [1.54, 1.807) is 11.0 Å². The summed E-state index contributed by atoms with van der Waals surface area (Å²) in [5, 5.41) is 19.2. The van der Waals surface area contributed by atoms with Crippen LogP contribution in [-0.4, -0.2) is 59.1 Å². The highest BCUT2D eigenvalue weighted by atomic mass is 32.1. The van der Waals surface area contributed by atoms with Gasteiger partial charge in [0.15, 0.2) is 11.6 Å². The second-order valence-corrected chi connectivity index (χ2v) is 9.37. The van der Waals surface area contributed by atoms with E-state index >= 15 is 0 Å². The smallest absolute Gasteiger partial charge is 0.324 e. The number of benzene rings is 1. The average Bonchev–Trinajstić information content (AvgIpc) is 3.66. The van der Waals surface area contributed by atoms with Gasteiger partial charge in [-0.3, -0.25) is 0 Å². The molecule has 0 N–H and O–H groups in total. The molecule has 1 saturated heterocycles. The molecular formula is C22H23N9O2S. The summed E-state index contributed by atoms with van der Waals surface area (Å²) in [5.41, 5.74) is 1.96. The lowest BCUT2D eigenvalue weighted by Crippen LogP contribution is -2.38. The molecule has 4 aromatic heterocycles. The van der Waals surface area contributed by atoms with E-state index in [0.29, 0.717) is 11.2 Å². The van der Waals surface area contributed by atoms with Crippen LogP contribution in [0.2, 0.25) is 0 Å². The zero-order valence-electron chi connectivity index (χ0n) is 18.8. The van der Waals surface area contributed by atoms with Crippen molar-refractivity contribution >= 4 is 28.3 Å². The predicted octanol–water partition coefficient (Wildman–Crippen LogP) is 3.62. The van der Waals surface area contributed by atoms with Crippen LogP contribution in [0.1, 0.15) is 38.4 Å². The van der Waals surface area contributed by atoms with Gasteiger partial charge in [-0.25, -0.2) is 4.68 Å². The molecule has 1 aliphatic heterocycles. The Labute approximate surface area is 199 Å². The molecule has 12 heteroatoms. The maximum absolute atomic E-state index is 6.22. The van der Waals surface area contributed by atoms with Crippen molar-refractivity contribution in [3.05, 3.63) is 48.0 Å². The SMILES string of the molecule is CC(C)c1noc(N2CCC(Oc3nc(-n4ccc5cc(-n6cnnn6)ccc54)cs3)CC2)n1. The minimum atomic E-state index is 0.114. The van der Waals surface area contributed by atoms with Crippen molar-refractivity contribution in [2.24, 2.45) is 0 Å². The van der Waals surface area contributed by atoms with Crippen molar-refractivity contribution in [3.8, 4) is 16.7 Å². The van der Waals surface area contributed by atoms with Crippen molar-refractivity contribution < 1.29 is 9.26 Å². The molecule has 0 unspecified atom stereocenters. The van der Waals surface area contributed by atoms with Crippen LogP contribution in [0.15, 0.2) is 46.7 Å². The van der Waals surface area contributed by atoms with E-state index in [2.05, 4.69) is 55.0 Å². The summed E-state index contributed by atoms with van der Waals surface area (Å²) >= 11 is 1.52. The number of ether oxygens (including phenoxy) is 1. The summed E-state index contributed by atoms with van der Waals surface area (Å²) in [6.45, 7) is 5.74. The van der Waals surface area contributed by atoms with Crippen LogP contribution in [0.25, 0.3) is 22.4 Å². The minimum absolute atomic E-state index is 0.114. The standard InChI is InChI=1S/C22H23N9O2S/c1-14(2)20-25-21(33-26-20)29-8-6-17(7-9-29)32-22-24-19(12-34-22)30-10-5-15-11-16(3-4-18(15)30)31-13-23-27-28-31/h3-5,10-14,17H,6-9H2,1-2H3. The first-order valence-electron chi connectivity index (χ1n) is 11.2. The summed E-state index contributed by atoms with van der Waals surface area (Å²) in [6.07, 6.45) is 5.46. The van der Waals surface area contributed by atoms with Crippen molar-refractivity contribution in [1.82, 2.24) is 39.9 Å². The van der Waals surface area contributed by atoms with E-state index in [-0.39, 0.29) is 12.0 Å². The monoisotopic (exact) mass is 477 g/mol. The van der Waals surface area contributed by atoms with Crippen molar-refractivity contribution in [2.45, 2.75) is 38.7 Å². The molecule has 0 radical (unpaired) electrons. The molecular weight excluding hydrogens is 454 g/mol. The van der Waals surface area contributed by atoms with E-state index in [0.717, 1.165) is 54.2 Å². The third-order valence-electron chi connectivity index (χ3n) is 5.93. The molecule has 5 heterocycles. The number of hydrogen-bond donors (Lipinski definition) is 0. The lowest BCUT2D eigenvalue weighted by molar-refractivity contribution is 0.168. The Morgan fingerprint density at radius 2 is 2.03 bits per heavy atom. The van der Waals surface area contributed by atoms with Crippen LogP contribution in [0.5, 0.6) is 5.19 Å². The summed E-state index contributed by atoms with van der Waals surface area (Å²) in [7, 11) is 0. The highest BCUT2D eigenvalue weighted by Crippen LogP contribution is 2.29. The van der Waals surface area contributed by atoms with Crippen LogP contribution in [-0.2, 0) is 0 Å². The third kappa shape index (κ3) is 3.89. The highest BCUT2D eigenvalue weighted by molar-refractivity contribution is 7.11. The van der Waals surface area contributed by atoms with E-state index in [9.17, 15) is 0 Å². The van der Waals surface area contributed by atoms with Gasteiger partial charge in [0.25, 0.3) is 5.19 Å². The summed E-state index contributed by atoms with van der Waals surface area (Å²) < 4.78 is 15.3. The maximum Gasteiger partial charge on any atom is 0.324 e. The Hall–Kier alpha value is -3.80. The molecule has 5 aromatic rings. The van der Waals surface area contributed by atoms with Gasteiger partial charge in [0.1, 0.15) is 12.4 Å². The zero-order valence-corrected chi connectivity index (χ0v) is 19.6. The lowest BCUT2D eigenvalue weighted by Gasteiger charge is -2.29. The van der Waals surface area contributed by atoms with Gasteiger partial charge >= 0.3 is 6.01 Å². The number of tetrazole rings is 1. The van der Waals surface area contributed by atoms with E-state index in [1.807, 2.05) is 29.8 Å². The number of nitrogens with zero attached hydrogens (tertiary/aromatic N) is 9. The molecule has 0 amide bonds. The van der Waals surface area contributed by atoms with Gasteiger partial charge in [0.2, 0.25) is 0 Å². The van der Waals surface area contributed by atoms with Crippen molar-refractivity contribution in [3.63, 3.8) is 0 Å². The van der Waals surface area contributed by atoms with E-state index in [1.165, 1.54) is 11.3 Å². The second kappa shape index (κ2) is 8.52. The molecule has 1 fully saturated rings. The quantitative estimate of drug-likeness (QED) is 0.362. The number of piperidine rings is 1. The molecule has 6 rings (SSSR count). The first-order valence-corrected chi connectivity index (χ1v) is 12.1. The van der Waals surface area contributed by atoms with Gasteiger partial charge in [-0.15, -0.1) is 5.10 Å². The van der Waals surface area contributed by atoms with Crippen LogP contribution in [0.3, 0.4) is 0 Å². The first kappa shape index (κ1) is 20.8. The summed E-state index contributed by atoms with van der Waals surface area (Å²) in [6, 6.07) is 8.74. The maximum atomic E-state index is 6.22. The van der Waals surface area contributed by atoms with Gasteiger partial charge in [-0.2, -0.15) is 9.97 Å². The third-order valence-corrected chi connectivity index (χ3v) is 6.65. The van der Waals surface area contributed by atoms with Crippen molar-refractivity contribution in [2.75, 3.05) is 18.0 Å². The minimum Gasteiger partial charge on any atom is -0.467 e. The zero-order chi connectivity index (χ0) is 23.1. The molecule has 0 aliphatic carbocycles. The molecule has 0 atom stereocenters. The number of rotatable bonds is 6. The van der Waals surface area contributed by atoms with Crippen molar-refractivity contribution in [1.29, 1.82) is 0 Å². The topological polar surface area (TPSA) is 113 Å². The summed E-state index contributed by atoms with van der Waals surface area (Å²) in [5.74, 6) is 1.84. The normalized spacial score (nSPS) is 15.0. The number of fused-ring (bicyclic) bond motifs is 1. The van der Waals surface area contributed by atoms with Crippen LogP contribution in [0, 0.1) is 0 Å². The van der Waals surface area contributed by atoms with Gasteiger partial charge in [0.05, 0.1) is 11.2 Å². The average molecular weight is 478 g/mol. The molecule has 11 nitrogen and oxygen atoms in total. The Balaban J connectivity index is 1.12. The Kier molecular flexibility index (Phi) is 5.21. The number of thiazole rings is 1. The van der Waals surface area contributed by atoms with Gasteiger partial charge in [-0.1, -0.05) is 30.3 Å². The number of hydrogen-bond acceptors (Lipinski definition) is 10. The first-order chi connectivity index (χ1) is 16.6. The molecule has 1 aliphatic rings. The van der Waals surface area contributed by atoms with E-state index in [4.69, 9.17) is 14.2 Å². The van der Waals surface area contributed by atoms with Crippen LogP contribution >= 0.6 is 11.3 Å². The molecule has 0 spiro atoms. The van der Waals surface area contributed by atoms with Crippen LogP contribution < -0.4 is 9.64 Å². The van der Waals surface area contributed by atoms with Gasteiger partial charge in [-0.05, 0) is 34.7 Å². The number of aromatic nitrogens is 8. The predicted molar refractivity (Wildman–Crippen MR) is 126 cm³/mol. The Morgan fingerprint density at radius 1 is 1.15 bits per heavy atom. The fraction of sp³-hybridized carbons (Fsp3) is 0.364. The second-order valence-electron chi connectivity index (χ2n) is 8.55. The molecule has 1 aromatic carbocycles.